The van der Waals surface area contributed by atoms with E-state index < -0.39 is 5.97 Å². The molecular formula is C15H17ClN2O2. The molecule has 0 bridgehead atoms. The third-order valence-electron chi connectivity index (χ3n) is 3.25. The number of benzene rings is 1. The number of halogens is 1. The molecule has 0 unspecified atom stereocenters. The van der Waals surface area contributed by atoms with Crippen LogP contribution in [0, 0.1) is 0 Å². The van der Waals surface area contributed by atoms with Crippen LogP contribution in [0.3, 0.4) is 0 Å². The van der Waals surface area contributed by atoms with E-state index in [4.69, 9.17) is 16.7 Å². The Morgan fingerprint density at radius 3 is 2.80 bits per heavy atom. The summed E-state index contributed by atoms with van der Waals surface area (Å²) < 4.78 is 0. The highest BCUT2D eigenvalue weighted by Gasteiger charge is 2.17. The van der Waals surface area contributed by atoms with Gasteiger partial charge >= 0.3 is 5.97 Å². The van der Waals surface area contributed by atoms with Crippen LogP contribution >= 0.6 is 11.6 Å². The second-order valence-corrected chi connectivity index (χ2v) is 5.40. The number of rotatable bonds is 5. The van der Waals surface area contributed by atoms with Crippen LogP contribution in [0.2, 0.25) is 5.02 Å². The van der Waals surface area contributed by atoms with Gasteiger partial charge in [-0.3, -0.25) is 14.7 Å². The van der Waals surface area contributed by atoms with Gasteiger partial charge in [0.05, 0.1) is 12.1 Å². The van der Waals surface area contributed by atoms with Gasteiger partial charge in [0, 0.05) is 34.8 Å². The van der Waals surface area contributed by atoms with Gasteiger partial charge < -0.3 is 5.11 Å². The van der Waals surface area contributed by atoms with Crippen LogP contribution in [0.25, 0.3) is 10.9 Å². The van der Waals surface area contributed by atoms with E-state index in [1.807, 2.05) is 43.0 Å². The van der Waals surface area contributed by atoms with Gasteiger partial charge in [0.2, 0.25) is 0 Å². The number of nitrogens with zero attached hydrogens (tertiary/aromatic N) is 2. The highest BCUT2D eigenvalue weighted by Crippen LogP contribution is 2.26. The first-order valence-electron chi connectivity index (χ1n) is 6.47. The molecule has 0 aliphatic carbocycles. The molecule has 1 N–H and O–H groups in total. The van der Waals surface area contributed by atoms with Crippen molar-refractivity contribution in [1.82, 2.24) is 9.88 Å². The fourth-order valence-corrected chi connectivity index (χ4v) is 2.34. The second-order valence-electron chi connectivity index (χ2n) is 4.99. The maximum atomic E-state index is 11.0. The lowest BCUT2D eigenvalue weighted by Gasteiger charge is -2.25. The zero-order chi connectivity index (χ0) is 14.7. The predicted octanol–water partition coefficient (Wildman–Crippen LogP) is 3.18. The van der Waals surface area contributed by atoms with Gasteiger partial charge in [-0.05, 0) is 26.0 Å². The van der Waals surface area contributed by atoms with Crippen LogP contribution in [0.15, 0.2) is 30.5 Å². The Balaban J connectivity index is 2.41. The number of aromatic nitrogens is 1. The minimum atomic E-state index is -0.844. The van der Waals surface area contributed by atoms with Gasteiger partial charge in [0.1, 0.15) is 0 Å². The summed E-state index contributed by atoms with van der Waals surface area (Å²) in [5.41, 5.74) is 1.70. The van der Waals surface area contributed by atoms with Crippen LogP contribution in [-0.4, -0.2) is 33.5 Å². The molecule has 0 atom stereocenters. The van der Waals surface area contributed by atoms with Crippen molar-refractivity contribution in [3.8, 4) is 0 Å². The van der Waals surface area contributed by atoms with Crippen molar-refractivity contribution in [3.05, 3.63) is 41.0 Å². The fraction of sp³-hybridized carbons (Fsp3) is 0.333. The number of carboxylic acids is 1. The lowest BCUT2D eigenvalue weighted by Crippen LogP contribution is -2.35. The van der Waals surface area contributed by atoms with Gasteiger partial charge in [-0.1, -0.05) is 23.7 Å². The number of hydrogen-bond donors (Lipinski definition) is 1. The third kappa shape index (κ3) is 3.26. The number of hydrogen-bond acceptors (Lipinski definition) is 3. The summed E-state index contributed by atoms with van der Waals surface area (Å²) in [5.74, 6) is -0.844. The molecule has 0 fully saturated rings. The molecule has 5 heteroatoms. The summed E-state index contributed by atoms with van der Waals surface area (Å²) in [6.45, 7) is 4.39. The summed E-state index contributed by atoms with van der Waals surface area (Å²) in [7, 11) is 0. The molecule has 106 valence electrons. The number of aliphatic carboxylic acids is 1. The van der Waals surface area contributed by atoms with Crippen molar-refractivity contribution in [2.45, 2.75) is 26.4 Å². The molecule has 2 aromatic rings. The van der Waals surface area contributed by atoms with Gasteiger partial charge in [0.25, 0.3) is 0 Å². The normalized spacial score (nSPS) is 11.4. The van der Waals surface area contributed by atoms with E-state index in [1.54, 1.807) is 6.20 Å². The quantitative estimate of drug-likeness (QED) is 0.919. The fourth-order valence-electron chi connectivity index (χ4n) is 2.13. The summed E-state index contributed by atoms with van der Waals surface area (Å²) in [5, 5.41) is 10.6. The van der Waals surface area contributed by atoms with Crippen molar-refractivity contribution >= 4 is 28.5 Å². The minimum Gasteiger partial charge on any atom is -0.480 e. The number of carboxylic acid groups (broad SMARTS) is 1. The van der Waals surface area contributed by atoms with Crippen LogP contribution < -0.4 is 0 Å². The summed E-state index contributed by atoms with van der Waals surface area (Å²) >= 11 is 6.27. The van der Waals surface area contributed by atoms with E-state index in [-0.39, 0.29) is 12.6 Å². The lowest BCUT2D eigenvalue weighted by molar-refractivity contribution is -0.138. The maximum Gasteiger partial charge on any atom is 0.317 e. The van der Waals surface area contributed by atoms with Crippen molar-refractivity contribution in [1.29, 1.82) is 0 Å². The zero-order valence-corrected chi connectivity index (χ0v) is 12.3. The first-order valence-corrected chi connectivity index (χ1v) is 6.84. The first-order chi connectivity index (χ1) is 9.49. The number of fused-ring (bicyclic) bond motifs is 1. The van der Waals surface area contributed by atoms with Crippen LogP contribution in [-0.2, 0) is 11.3 Å². The van der Waals surface area contributed by atoms with Crippen molar-refractivity contribution in [2.24, 2.45) is 0 Å². The second kappa shape index (κ2) is 6.20. The molecule has 0 radical (unpaired) electrons. The molecule has 1 heterocycles. The molecule has 4 nitrogen and oxygen atoms in total. The molecule has 0 aliphatic heterocycles. The monoisotopic (exact) mass is 292 g/mol. The predicted molar refractivity (Wildman–Crippen MR) is 79.9 cm³/mol. The molecule has 1 aromatic heterocycles. The molecule has 0 aliphatic rings. The smallest absolute Gasteiger partial charge is 0.317 e. The van der Waals surface area contributed by atoms with Gasteiger partial charge in [0.15, 0.2) is 0 Å². The van der Waals surface area contributed by atoms with E-state index in [0.29, 0.717) is 11.6 Å². The maximum absolute atomic E-state index is 11.0. The van der Waals surface area contributed by atoms with E-state index in [1.165, 1.54) is 0 Å². The van der Waals surface area contributed by atoms with E-state index in [0.717, 1.165) is 16.5 Å². The Bertz CT molecular complexity index is 628. The van der Waals surface area contributed by atoms with Gasteiger partial charge in [-0.2, -0.15) is 0 Å². The Hall–Kier alpha value is -1.65. The summed E-state index contributed by atoms with van der Waals surface area (Å²) in [6.07, 6.45) is 1.72. The number of carbonyl (C=O) groups is 1. The van der Waals surface area contributed by atoms with Gasteiger partial charge in [-0.25, -0.2) is 0 Å². The lowest BCUT2D eigenvalue weighted by atomic mass is 10.1. The summed E-state index contributed by atoms with van der Waals surface area (Å²) in [4.78, 5) is 17.2. The molecule has 2 rings (SSSR count). The first kappa shape index (κ1) is 14.8. The Morgan fingerprint density at radius 2 is 2.15 bits per heavy atom. The highest BCUT2D eigenvalue weighted by atomic mass is 35.5. The highest BCUT2D eigenvalue weighted by molar-refractivity contribution is 6.32. The number of pyridine rings is 1. The van der Waals surface area contributed by atoms with Crippen molar-refractivity contribution in [3.63, 3.8) is 0 Å². The standard InChI is InChI=1S/C15H17ClN2O2/c1-10(2)18(9-14(19)20)8-12-13(16)6-5-11-4-3-7-17-15(11)12/h3-7,10H,8-9H2,1-2H3,(H,19,20). The Labute approximate surface area is 123 Å². The molecule has 0 amide bonds. The van der Waals surface area contributed by atoms with Crippen LogP contribution in [0.4, 0.5) is 0 Å². The van der Waals surface area contributed by atoms with Crippen LogP contribution in [0.5, 0.6) is 0 Å². The van der Waals surface area contributed by atoms with Gasteiger partial charge in [-0.15, -0.1) is 0 Å². The van der Waals surface area contributed by atoms with E-state index >= 15 is 0 Å². The Kier molecular flexibility index (Phi) is 4.57. The third-order valence-corrected chi connectivity index (χ3v) is 3.61. The molecule has 0 saturated heterocycles. The average molecular weight is 293 g/mol. The zero-order valence-electron chi connectivity index (χ0n) is 11.5. The molecular weight excluding hydrogens is 276 g/mol. The SMILES string of the molecule is CC(C)N(CC(=O)O)Cc1c(Cl)ccc2cccnc12. The topological polar surface area (TPSA) is 53.4 Å². The van der Waals surface area contributed by atoms with Crippen LogP contribution in [0.1, 0.15) is 19.4 Å². The van der Waals surface area contributed by atoms with Crippen molar-refractivity contribution < 1.29 is 9.90 Å². The largest absolute Gasteiger partial charge is 0.480 e. The summed E-state index contributed by atoms with van der Waals surface area (Å²) in [6, 6.07) is 7.71. The molecule has 20 heavy (non-hydrogen) atoms. The van der Waals surface area contributed by atoms with E-state index in [9.17, 15) is 4.79 Å². The van der Waals surface area contributed by atoms with E-state index in [2.05, 4.69) is 4.98 Å². The van der Waals surface area contributed by atoms with Crippen molar-refractivity contribution in [2.75, 3.05) is 6.54 Å². The molecule has 0 saturated carbocycles. The average Bonchev–Trinajstić information content (AvgIpc) is 2.40. The minimum absolute atomic E-state index is 0.0167. The molecule has 1 aromatic carbocycles. The molecule has 0 spiro atoms. The Morgan fingerprint density at radius 1 is 1.40 bits per heavy atom.